The lowest BCUT2D eigenvalue weighted by molar-refractivity contribution is 0.0734. The molecule has 0 aliphatic rings. The lowest BCUT2D eigenvalue weighted by Crippen LogP contribution is -2.09. The molecule has 0 saturated heterocycles. The molecule has 6 heteroatoms. The fourth-order valence-corrected chi connectivity index (χ4v) is 2.64. The maximum Gasteiger partial charge on any atom is 0.343 e. The summed E-state index contributed by atoms with van der Waals surface area (Å²) >= 11 is 14.4. The maximum atomic E-state index is 12.1. The fourth-order valence-electron chi connectivity index (χ4n) is 1.69. The Morgan fingerprint density at radius 1 is 1.14 bits per heavy atom. The normalized spacial score (nSPS) is 10.4. The number of hydrogen-bond acceptors (Lipinski definition) is 3. The minimum absolute atomic E-state index is 0.275. The lowest BCUT2D eigenvalue weighted by atomic mass is 10.2. The zero-order valence-electron chi connectivity index (χ0n) is 11.7. The fraction of sp³-hybridized carbons (Fsp3) is 0.188. The van der Waals surface area contributed by atoms with Crippen LogP contribution >= 0.6 is 45.8 Å². The first kappa shape index (κ1) is 17.4. The molecule has 2 rings (SSSR count). The van der Waals surface area contributed by atoms with E-state index >= 15 is 0 Å². The average Bonchev–Trinajstić information content (AvgIpc) is 2.48. The van der Waals surface area contributed by atoms with Crippen LogP contribution in [0.3, 0.4) is 0 Å². The van der Waals surface area contributed by atoms with Crippen LogP contribution in [0, 0.1) is 3.57 Å². The van der Waals surface area contributed by atoms with Gasteiger partial charge >= 0.3 is 5.97 Å². The standard InChI is InChI=1S/C16H13Cl2IO3/c1-2-7-21-15-13(17)8-10(9-14(15)18)16(20)22-12-5-3-11(19)4-6-12/h3-6,8-9H,2,7H2,1H3. The van der Waals surface area contributed by atoms with Crippen molar-refractivity contribution in [3.8, 4) is 11.5 Å². The highest BCUT2D eigenvalue weighted by Crippen LogP contribution is 2.34. The van der Waals surface area contributed by atoms with Crippen molar-refractivity contribution < 1.29 is 14.3 Å². The first-order valence-corrected chi connectivity index (χ1v) is 8.44. The van der Waals surface area contributed by atoms with Crippen LogP contribution < -0.4 is 9.47 Å². The quantitative estimate of drug-likeness (QED) is 0.337. The molecule has 3 nitrogen and oxygen atoms in total. The molecule has 0 unspecified atom stereocenters. The van der Waals surface area contributed by atoms with Gasteiger partial charge in [0.05, 0.1) is 22.2 Å². The van der Waals surface area contributed by atoms with Crippen LogP contribution in [0.2, 0.25) is 10.0 Å². The van der Waals surface area contributed by atoms with Crippen LogP contribution in [0.4, 0.5) is 0 Å². The van der Waals surface area contributed by atoms with Gasteiger partial charge in [-0.25, -0.2) is 4.79 Å². The molecule has 0 saturated carbocycles. The Balaban J connectivity index is 2.18. The van der Waals surface area contributed by atoms with Crippen molar-refractivity contribution in [2.24, 2.45) is 0 Å². The molecule has 0 aromatic heterocycles. The predicted octanol–water partition coefficient (Wildman–Crippen LogP) is 5.61. The van der Waals surface area contributed by atoms with Crippen molar-refractivity contribution >= 4 is 51.8 Å². The molecule has 2 aromatic carbocycles. The number of hydrogen-bond donors (Lipinski definition) is 0. The van der Waals surface area contributed by atoms with Crippen molar-refractivity contribution in [3.05, 3.63) is 55.6 Å². The molecule has 0 amide bonds. The Morgan fingerprint density at radius 2 is 1.73 bits per heavy atom. The number of rotatable bonds is 5. The molecule has 22 heavy (non-hydrogen) atoms. The van der Waals surface area contributed by atoms with E-state index in [1.54, 1.807) is 12.1 Å². The van der Waals surface area contributed by atoms with E-state index in [9.17, 15) is 4.79 Å². The molecule has 0 spiro atoms. The minimum atomic E-state index is -0.521. The zero-order chi connectivity index (χ0) is 16.1. The molecule has 0 bridgehead atoms. The zero-order valence-corrected chi connectivity index (χ0v) is 15.4. The van der Waals surface area contributed by atoms with E-state index < -0.39 is 5.97 Å². The topological polar surface area (TPSA) is 35.5 Å². The monoisotopic (exact) mass is 450 g/mol. The summed E-state index contributed by atoms with van der Waals surface area (Å²) < 4.78 is 11.8. The summed E-state index contributed by atoms with van der Waals surface area (Å²) in [5, 5.41) is 0.575. The summed E-state index contributed by atoms with van der Waals surface area (Å²) in [6, 6.07) is 10.1. The molecule has 0 aliphatic heterocycles. The van der Waals surface area contributed by atoms with Gasteiger partial charge in [0.25, 0.3) is 0 Å². The van der Waals surface area contributed by atoms with Gasteiger partial charge in [-0.3, -0.25) is 0 Å². The van der Waals surface area contributed by atoms with Crippen molar-refractivity contribution in [3.63, 3.8) is 0 Å². The van der Waals surface area contributed by atoms with Gasteiger partial charge in [0.1, 0.15) is 5.75 Å². The van der Waals surface area contributed by atoms with Crippen molar-refractivity contribution in [1.29, 1.82) is 0 Å². The number of carbonyl (C=O) groups excluding carboxylic acids is 1. The van der Waals surface area contributed by atoms with Gasteiger partial charge in [-0.2, -0.15) is 0 Å². The highest BCUT2D eigenvalue weighted by Gasteiger charge is 2.15. The third kappa shape index (κ3) is 4.51. The molecular weight excluding hydrogens is 438 g/mol. The highest BCUT2D eigenvalue weighted by atomic mass is 127. The van der Waals surface area contributed by atoms with Crippen LogP contribution in [0.15, 0.2) is 36.4 Å². The number of esters is 1. The van der Waals surface area contributed by atoms with Crippen molar-refractivity contribution in [1.82, 2.24) is 0 Å². The predicted molar refractivity (Wildman–Crippen MR) is 96.4 cm³/mol. The molecule has 0 N–H and O–H groups in total. The van der Waals surface area contributed by atoms with Gasteiger partial charge in [0.2, 0.25) is 0 Å². The summed E-state index contributed by atoms with van der Waals surface area (Å²) in [6.45, 7) is 2.49. The van der Waals surface area contributed by atoms with E-state index in [-0.39, 0.29) is 15.6 Å². The Hall–Kier alpha value is -0.980. The van der Waals surface area contributed by atoms with Crippen molar-refractivity contribution in [2.75, 3.05) is 6.61 Å². The third-order valence-electron chi connectivity index (χ3n) is 2.71. The second-order valence-electron chi connectivity index (χ2n) is 4.46. The Kier molecular flexibility index (Phi) is 6.35. The number of ether oxygens (including phenoxy) is 2. The molecule has 0 radical (unpaired) electrons. The van der Waals surface area contributed by atoms with Crippen molar-refractivity contribution in [2.45, 2.75) is 13.3 Å². The van der Waals surface area contributed by atoms with Gasteiger partial charge in [-0.15, -0.1) is 0 Å². The molecular formula is C16H13Cl2IO3. The summed E-state index contributed by atoms with van der Waals surface area (Å²) in [5.41, 5.74) is 0.275. The van der Waals surface area contributed by atoms with Crippen LogP contribution in [0.1, 0.15) is 23.7 Å². The largest absolute Gasteiger partial charge is 0.490 e. The van der Waals surface area contributed by atoms with Crippen LogP contribution in [0.25, 0.3) is 0 Å². The van der Waals surface area contributed by atoms with Crippen LogP contribution in [0.5, 0.6) is 11.5 Å². The van der Waals surface area contributed by atoms with E-state index in [1.807, 2.05) is 19.1 Å². The van der Waals surface area contributed by atoms with Crippen LogP contribution in [-0.4, -0.2) is 12.6 Å². The minimum Gasteiger partial charge on any atom is -0.490 e. The summed E-state index contributed by atoms with van der Waals surface area (Å²) in [7, 11) is 0. The first-order valence-electron chi connectivity index (χ1n) is 6.61. The van der Waals surface area contributed by atoms with Gasteiger partial charge in [-0.1, -0.05) is 30.1 Å². The SMILES string of the molecule is CCCOc1c(Cl)cc(C(=O)Oc2ccc(I)cc2)cc1Cl. The summed E-state index contributed by atoms with van der Waals surface area (Å²) in [4.78, 5) is 12.1. The Labute approximate surface area is 152 Å². The smallest absolute Gasteiger partial charge is 0.343 e. The third-order valence-corrected chi connectivity index (χ3v) is 3.99. The maximum absolute atomic E-state index is 12.1. The van der Waals surface area contributed by atoms with Gasteiger partial charge < -0.3 is 9.47 Å². The molecule has 2 aromatic rings. The number of carbonyl (C=O) groups is 1. The number of halogens is 3. The molecule has 0 atom stereocenters. The highest BCUT2D eigenvalue weighted by molar-refractivity contribution is 14.1. The van der Waals surface area contributed by atoms with E-state index in [0.717, 1.165) is 9.99 Å². The van der Waals surface area contributed by atoms with Crippen LogP contribution in [-0.2, 0) is 0 Å². The van der Waals surface area contributed by atoms with E-state index in [1.165, 1.54) is 12.1 Å². The lowest BCUT2D eigenvalue weighted by Gasteiger charge is -2.11. The number of benzene rings is 2. The average molecular weight is 451 g/mol. The van der Waals surface area contributed by atoms with E-state index in [4.69, 9.17) is 32.7 Å². The second kappa shape index (κ2) is 8.04. The first-order chi connectivity index (χ1) is 10.5. The van der Waals surface area contributed by atoms with E-state index in [0.29, 0.717) is 18.1 Å². The van der Waals surface area contributed by atoms with Gasteiger partial charge in [-0.05, 0) is 65.4 Å². The van der Waals surface area contributed by atoms with Gasteiger partial charge in [0.15, 0.2) is 5.75 Å². The molecule has 116 valence electrons. The summed E-state index contributed by atoms with van der Waals surface area (Å²) in [6.07, 6.45) is 0.837. The Morgan fingerprint density at radius 3 is 2.27 bits per heavy atom. The second-order valence-corrected chi connectivity index (χ2v) is 6.52. The summed E-state index contributed by atoms with van der Waals surface area (Å²) in [5.74, 6) is 0.326. The molecule has 0 fully saturated rings. The Bertz CT molecular complexity index is 649. The van der Waals surface area contributed by atoms with Gasteiger partial charge in [0, 0.05) is 3.57 Å². The molecule has 0 heterocycles. The van der Waals surface area contributed by atoms with E-state index in [2.05, 4.69) is 22.6 Å². The molecule has 0 aliphatic carbocycles.